The number of rotatable bonds is 9. The normalized spacial score (nSPS) is 20.2. The maximum Gasteiger partial charge on any atom is 0.352 e. The largest absolute Gasteiger partial charge is 0.477 e. The molecule has 15 nitrogen and oxygen atoms in total. The van der Waals surface area contributed by atoms with E-state index in [-0.39, 0.29) is 35.4 Å². The summed E-state index contributed by atoms with van der Waals surface area (Å²) in [4.78, 5) is 42.4. The van der Waals surface area contributed by atoms with E-state index < -0.39 is 34.9 Å². The number of nitrogens with two attached hydrogens (primary N) is 1. The van der Waals surface area contributed by atoms with Crippen LogP contribution in [0.15, 0.2) is 27.0 Å². The van der Waals surface area contributed by atoms with Crippen LogP contribution < -0.4 is 11.1 Å². The number of aliphatic hydroxyl groups excluding tert-OH is 1. The van der Waals surface area contributed by atoms with Crippen molar-refractivity contribution < 1.29 is 29.8 Å². The SMILES string of the molecule is Nc1nc(/C(=N\O)C(=O)NC2C(=O)N3C(C(=O)O)=C(CSc4nnnn4CCO)CSC23)cs1. The van der Waals surface area contributed by atoms with Gasteiger partial charge in [0.2, 0.25) is 5.16 Å². The lowest BCUT2D eigenvalue weighted by Crippen LogP contribution is -2.71. The highest BCUT2D eigenvalue weighted by atomic mass is 32.2. The third kappa shape index (κ3) is 4.43. The van der Waals surface area contributed by atoms with E-state index in [0.717, 1.165) is 16.2 Å². The standard InChI is InChI=1S/C16H17N9O6S3/c17-15-18-7(5-33-15)8(21-31)11(27)19-9-12(28)25-10(14(29)30)6(3-32-13(9)25)4-34-16-20-22-23-24(16)1-2-26/h5,9,13,26,31H,1-4H2,(H2,17,18)(H,19,27)(H,29,30)/b21-8+. The Morgan fingerprint density at radius 3 is 2.85 bits per heavy atom. The van der Waals surface area contributed by atoms with Crippen molar-refractivity contribution in [3.05, 3.63) is 22.3 Å². The molecule has 0 aromatic carbocycles. The number of nitrogens with one attached hydrogen (secondary N) is 1. The van der Waals surface area contributed by atoms with Crippen molar-refractivity contribution >= 4 is 63.5 Å². The van der Waals surface area contributed by atoms with Crippen LogP contribution in [0.2, 0.25) is 0 Å². The predicted molar refractivity (Wildman–Crippen MR) is 120 cm³/mol. The Morgan fingerprint density at radius 2 is 2.21 bits per heavy atom. The molecule has 0 bridgehead atoms. The van der Waals surface area contributed by atoms with Crippen molar-refractivity contribution in [2.45, 2.75) is 23.1 Å². The van der Waals surface area contributed by atoms with E-state index >= 15 is 0 Å². The zero-order chi connectivity index (χ0) is 24.4. The third-order valence-corrected chi connectivity index (χ3v) is 7.86. The Bertz CT molecular complexity index is 1190. The van der Waals surface area contributed by atoms with Crippen LogP contribution >= 0.6 is 34.9 Å². The summed E-state index contributed by atoms with van der Waals surface area (Å²) in [6.07, 6.45) is 0. The number of carboxylic acid groups (broad SMARTS) is 1. The second-order valence-corrected chi connectivity index (χ2v) is 9.77. The summed E-state index contributed by atoms with van der Waals surface area (Å²) < 4.78 is 1.39. The first-order valence-corrected chi connectivity index (χ1v) is 12.4. The van der Waals surface area contributed by atoms with Gasteiger partial charge in [0.25, 0.3) is 11.8 Å². The van der Waals surface area contributed by atoms with Crippen molar-refractivity contribution in [3.8, 4) is 0 Å². The van der Waals surface area contributed by atoms with E-state index in [1.165, 1.54) is 33.6 Å². The number of hydrogen-bond donors (Lipinski definition) is 5. The molecule has 0 spiro atoms. The summed E-state index contributed by atoms with van der Waals surface area (Å²) in [6, 6.07) is -1.01. The molecule has 2 atom stereocenters. The molecule has 180 valence electrons. The monoisotopic (exact) mass is 527 g/mol. The molecule has 2 amide bonds. The zero-order valence-corrected chi connectivity index (χ0v) is 19.5. The van der Waals surface area contributed by atoms with Crippen molar-refractivity contribution in [2.75, 3.05) is 23.8 Å². The predicted octanol–water partition coefficient (Wildman–Crippen LogP) is -1.59. The molecule has 4 rings (SSSR count). The van der Waals surface area contributed by atoms with Gasteiger partial charge in [-0.05, 0) is 16.0 Å². The fourth-order valence-corrected chi connectivity index (χ4v) is 6.24. The lowest BCUT2D eigenvalue weighted by Gasteiger charge is -2.49. The van der Waals surface area contributed by atoms with Gasteiger partial charge in [-0.3, -0.25) is 14.5 Å². The molecule has 1 fully saturated rings. The summed E-state index contributed by atoms with van der Waals surface area (Å²) in [5, 5.41) is 46.0. The lowest BCUT2D eigenvalue weighted by atomic mass is 10.0. The number of aliphatic hydroxyl groups is 1. The molecule has 2 aliphatic rings. The zero-order valence-electron chi connectivity index (χ0n) is 17.1. The van der Waals surface area contributed by atoms with Crippen LogP contribution in [0, 0.1) is 0 Å². The number of tetrazole rings is 1. The molecule has 0 aliphatic carbocycles. The van der Waals surface area contributed by atoms with Crippen LogP contribution in [0.4, 0.5) is 5.13 Å². The maximum absolute atomic E-state index is 12.8. The molecule has 0 radical (unpaired) electrons. The first kappa shape index (κ1) is 23.9. The Balaban J connectivity index is 1.47. The van der Waals surface area contributed by atoms with Gasteiger partial charge < -0.3 is 26.5 Å². The molecular formula is C16H17N9O6S3. The van der Waals surface area contributed by atoms with Gasteiger partial charge in [-0.2, -0.15) is 0 Å². The van der Waals surface area contributed by atoms with Gasteiger partial charge in [-0.25, -0.2) is 14.5 Å². The number of nitrogens with zero attached hydrogens (tertiary/aromatic N) is 7. The number of oxime groups is 1. The quantitative estimate of drug-likeness (QED) is 0.0817. The molecule has 1 saturated heterocycles. The van der Waals surface area contributed by atoms with E-state index in [2.05, 4.69) is 31.0 Å². The van der Waals surface area contributed by atoms with Gasteiger partial charge in [0.15, 0.2) is 10.8 Å². The van der Waals surface area contributed by atoms with Gasteiger partial charge in [0, 0.05) is 16.9 Å². The summed E-state index contributed by atoms with van der Waals surface area (Å²) in [5.41, 5.74) is 5.52. The number of carbonyl (C=O) groups excluding carboxylic acids is 2. The number of β-lactam (4-membered cyclic amide) rings is 1. The number of nitrogen functional groups attached to an aromatic ring is 1. The number of anilines is 1. The minimum absolute atomic E-state index is 0.0522. The van der Waals surface area contributed by atoms with Crippen LogP contribution in [-0.2, 0) is 20.9 Å². The number of carbonyl (C=O) groups is 3. The summed E-state index contributed by atoms with van der Waals surface area (Å²) in [7, 11) is 0. The van der Waals surface area contributed by atoms with Crippen LogP contribution in [0.3, 0.4) is 0 Å². The minimum Gasteiger partial charge on any atom is -0.477 e. The topological polar surface area (TPSA) is 222 Å². The average molecular weight is 528 g/mol. The summed E-state index contributed by atoms with van der Waals surface area (Å²) in [5.74, 6) is -2.22. The van der Waals surface area contributed by atoms with Crippen molar-refractivity contribution in [1.29, 1.82) is 0 Å². The smallest absolute Gasteiger partial charge is 0.352 e. The Kier molecular flexibility index (Phi) is 7.00. The number of aromatic nitrogens is 5. The van der Waals surface area contributed by atoms with Gasteiger partial charge >= 0.3 is 5.97 Å². The molecule has 2 aromatic heterocycles. The number of thiazole rings is 1. The van der Waals surface area contributed by atoms with Gasteiger partial charge in [-0.1, -0.05) is 16.9 Å². The van der Waals surface area contributed by atoms with Crippen LogP contribution in [0.25, 0.3) is 0 Å². The Morgan fingerprint density at radius 1 is 1.41 bits per heavy atom. The molecule has 2 aliphatic heterocycles. The number of amides is 2. The fourth-order valence-electron chi connectivity index (χ4n) is 3.30. The molecule has 0 saturated carbocycles. The molecule has 34 heavy (non-hydrogen) atoms. The highest BCUT2D eigenvalue weighted by Gasteiger charge is 2.54. The molecule has 6 N–H and O–H groups in total. The van der Waals surface area contributed by atoms with E-state index in [9.17, 15) is 24.7 Å². The molecular weight excluding hydrogens is 510 g/mol. The molecule has 2 aromatic rings. The highest BCUT2D eigenvalue weighted by Crippen LogP contribution is 2.41. The van der Waals surface area contributed by atoms with Crippen molar-refractivity contribution in [3.63, 3.8) is 0 Å². The number of thioether (sulfide) groups is 2. The van der Waals surface area contributed by atoms with Crippen LogP contribution in [0.1, 0.15) is 5.69 Å². The maximum atomic E-state index is 12.8. The van der Waals surface area contributed by atoms with E-state index in [1.54, 1.807) is 0 Å². The second kappa shape index (κ2) is 9.95. The van der Waals surface area contributed by atoms with Gasteiger partial charge in [-0.15, -0.1) is 28.2 Å². The van der Waals surface area contributed by atoms with E-state index in [0.29, 0.717) is 16.5 Å². The van der Waals surface area contributed by atoms with Crippen LogP contribution in [-0.4, -0.2) is 98.5 Å². The molecule has 4 heterocycles. The van der Waals surface area contributed by atoms with Crippen LogP contribution in [0.5, 0.6) is 0 Å². The molecule has 2 unspecified atom stereocenters. The second-order valence-electron chi connectivity index (χ2n) is 6.83. The first-order valence-electron chi connectivity index (χ1n) is 9.49. The Hall–Kier alpha value is -3.22. The number of fused-ring (bicyclic) bond motifs is 1. The number of carboxylic acids is 1. The summed E-state index contributed by atoms with van der Waals surface area (Å²) in [6.45, 7) is 0.0305. The fraction of sp³-hybridized carbons (Fsp3) is 0.375. The number of aliphatic carboxylic acids is 1. The van der Waals surface area contributed by atoms with Gasteiger partial charge in [0.05, 0.1) is 13.2 Å². The Labute approximate surface area is 203 Å². The molecule has 18 heteroatoms. The van der Waals surface area contributed by atoms with Crippen molar-refractivity contribution in [2.24, 2.45) is 5.16 Å². The van der Waals surface area contributed by atoms with Crippen molar-refractivity contribution in [1.82, 2.24) is 35.4 Å². The first-order chi connectivity index (χ1) is 16.3. The lowest BCUT2D eigenvalue weighted by molar-refractivity contribution is -0.150. The average Bonchev–Trinajstić information content (AvgIpc) is 3.44. The van der Waals surface area contributed by atoms with Gasteiger partial charge in [0.1, 0.15) is 22.8 Å². The summed E-state index contributed by atoms with van der Waals surface area (Å²) >= 11 is 3.52. The minimum atomic E-state index is -1.27. The highest BCUT2D eigenvalue weighted by molar-refractivity contribution is 8.01. The third-order valence-electron chi connectivity index (χ3n) is 4.80. The number of hydrogen-bond acceptors (Lipinski definition) is 14. The van der Waals surface area contributed by atoms with E-state index in [1.807, 2.05) is 0 Å². The van der Waals surface area contributed by atoms with E-state index in [4.69, 9.17) is 10.8 Å².